The molecule has 0 spiro atoms. The van der Waals surface area contributed by atoms with E-state index in [9.17, 15) is 4.79 Å². The van der Waals surface area contributed by atoms with Crippen molar-refractivity contribution in [3.05, 3.63) is 71.3 Å². The van der Waals surface area contributed by atoms with Crippen LogP contribution in [0, 0.1) is 0 Å². The zero-order valence-electron chi connectivity index (χ0n) is 15.5. The van der Waals surface area contributed by atoms with Crippen LogP contribution in [0.5, 0.6) is 0 Å². The lowest BCUT2D eigenvalue weighted by Gasteiger charge is -2.12. The smallest absolute Gasteiger partial charge is 0.337 e. The van der Waals surface area contributed by atoms with Gasteiger partial charge in [0.2, 0.25) is 0 Å². The van der Waals surface area contributed by atoms with Crippen LogP contribution in [0.25, 0.3) is 0 Å². The fourth-order valence-electron chi connectivity index (χ4n) is 2.62. The topological polar surface area (TPSA) is 62.7 Å². The Bertz CT molecular complexity index is 697. The number of ether oxygens (including phenoxy) is 1. The van der Waals surface area contributed by atoms with E-state index >= 15 is 0 Å². The molecule has 0 fully saturated rings. The fraction of sp³-hybridized carbons (Fsp3) is 0.333. The molecule has 0 atom stereocenters. The molecule has 0 aliphatic heterocycles. The van der Waals surface area contributed by atoms with Gasteiger partial charge in [-0.1, -0.05) is 42.5 Å². The van der Waals surface area contributed by atoms with Gasteiger partial charge in [-0.25, -0.2) is 4.79 Å². The fourth-order valence-corrected chi connectivity index (χ4v) is 2.62. The first-order valence-corrected chi connectivity index (χ1v) is 8.88. The lowest BCUT2D eigenvalue weighted by molar-refractivity contribution is 0.0600. The van der Waals surface area contributed by atoms with Gasteiger partial charge < -0.3 is 15.4 Å². The Balaban J connectivity index is 1.66. The summed E-state index contributed by atoms with van der Waals surface area (Å²) >= 11 is 0. The van der Waals surface area contributed by atoms with Crippen molar-refractivity contribution in [2.75, 3.05) is 27.2 Å². The zero-order chi connectivity index (χ0) is 18.6. The van der Waals surface area contributed by atoms with E-state index in [2.05, 4.69) is 39.9 Å². The maximum atomic E-state index is 11.4. The lowest BCUT2D eigenvalue weighted by atomic mass is 10.1. The van der Waals surface area contributed by atoms with Crippen LogP contribution in [0.4, 0.5) is 0 Å². The van der Waals surface area contributed by atoms with Gasteiger partial charge >= 0.3 is 5.97 Å². The van der Waals surface area contributed by atoms with Crippen LogP contribution < -0.4 is 10.6 Å². The number of nitrogens with zero attached hydrogens (tertiary/aromatic N) is 1. The van der Waals surface area contributed by atoms with Gasteiger partial charge in [0, 0.05) is 20.1 Å². The monoisotopic (exact) mass is 353 g/mol. The second-order valence-corrected chi connectivity index (χ2v) is 5.95. The first-order chi connectivity index (χ1) is 12.7. The number of aryl methyl sites for hydroxylation is 1. The van der Waals surface area contributed by atoms with Crippen molar-refractivity contribution in [1.29, 1.82) is 0 Å². The number of hydrogen-bond donors (Lipinski definition) is 2. The SMILES string of the molecule is CN=C(NCCCc1ccccc1)NCCc1ccc(C(=O)OC)cc1. The van der Waals surface area contributed by atoms with Crippen LogP contribution in [0.1, 0.15) is 27.9 Å². The lowest BCUT2D eigenvalue weighted by Crippen LogP contribution is -2.38. The molecule has 0 aliphatic rings. The van der Waals surface area contributed by atoms with Crippen LogP contribution in [0.15, 0.2) is 59.6 Å². The third-order valence-corrected chi connectivity index (χ3v) is 4.08. The number of carbonyl (C=O) groups excluding carboxylic acids is 1. The van der Waals surface area contributed by atoms with E-state index in [0.717, 1.165) is 43.9 Å². The maximum Gasteiger partial charge on any atom is 0.337 e. The van der Waals surface area contributed by atoms with Crippen molar-refractivity contribution in [3.8, 4) is 0 Å². The highest BCUT2D eigenvalue weighted by Crippen LogP contribution is 2.06. The Morgan fingerprint density at radius 1 is 0.923 bits per heavy atom. The van der Waals surface area contributed by atoms with Crippen molar-refractivity contribution >= 4 is 11.9 Å². The predicted molar refractivity (Wildman–Crippen MR) is 106 cm³/mol. The van der Waals surface area contributed by atoms with Gasteiger partial charge in [-0.3, -0.25) is 4.99 Å². The molecule has 5 heteroatoms. The van der Waals surface area contributed by atoms with Gasteiger partial charge in [0.1, 0.15) is 0 Å². The minimum Gasteiger partial charge on any atom is -0.465 e. The van der Waals surface area contributed by atoms with Crippen LogP contribution in [-0.2, 0) is 17.6 Å². The molecule has 5 nitrogen and oxygen atoms in total. The molecule has 26 heavy (non-hydrogen) atoms. The molecule has 2 N–H and O–H groups in total. The molecule has 0 saturated heterocycles. The van der Waals surface area contributed by atoms with Crippen molar-refractivity contribution in [2.45, 2.75) is 19.3 Å². The minimum absolute atomic E-state index is 0.310. The summed E-state index contributed by atoms with van der Waals surface area (Å²) in [6, 6.07) is 18.0. The molecule has 0 aromatic heterocycles. The summed E-state index contributed by atoms with van der Waals surface area (Å²) in [6.07, 6.45) is 2.96. The highest BCUT2D eigenvalue weighted by atomic mass is 16.5. The van der Waals surface area contributed by atoms with E-state index in [1.807, 2.05) is 18.2 Å². The normalized spacial score (nSPS) is 11.1. The first kappa shape index (κ1) is 19.5. The summed E-state index contributed by atoms with van der Waals surface area (Å²) in [6.45, 7) is 1.65. The van der Waals surface area contributed by atoms with Crippen LogP contribution in [0.3, 0.4) is 0 Å². The van der Waals surface area contributed by atoms with E-state index in [1.54, 1.807) is 19.2 Å². The molecule has 0 unspecified atom stereocenters. The Hall–Kier alpha value is -2.82. The number of nitrogens with one attached hydrogen (secondary N) is 2. The second kappa shape index (κ2) is 10.9. The summed E-state index contributed by atoms with van der Waals surface area (Å²) in [7, 11) is 3.16. The predicted octanol–water partition coefficient (Wildman–Crippen LogP) is 2.81. The second-order valence-electron chi connectivity index (χ2n) is 5.95. The van der Waals surface area contributed by atoms with Gasteiger partial charge in [-0.2, -0.15) is 0 Å². The van der Waals surface area contributed by atoms with E-state index in [1.165, 1.54) is 12.7 Å². The molecule has 0 saturated carbocycles. The van der Waals surface area contributed by atoms with Gasteiger partial charge in [0.15, 0.2) is 5.96 Å². The van der Waals surface area contributed by atoms with E-state index in [0.29, 0.717) is 5.56 Å². The third-order valence-electron chi connectivity index (χ3n) is 4.08. The molecule has 138 valence electrons. The number of benzene rings is 2. The van der Waals surface area contributed by atoms with E-state index < -0.39 is 0 Å². The molecule has 2 rings (SSSR count). The van der Waals surface area contributed by atoms with Crippen molar-refractivity contribution in [1.82, 2.24) is 10.6 Å². The number of aliphatic imine (C=N–C) groups is 1. The molecular weight excluding hydrogens is 326 g/mol. The molecule has 2 aromatic rings. The third kappa shape index (κ3) is 6.59. The first-order valence-electron chi connectivity index (χ1n) is 8.88. The Morgan fingerprint density at radius 3 is 2.23 bits per heavy atom. The summed E-state index contributed by atoms with van der Waals surface area (Å²) in [5.74, 6) is 0.499. The number of esters is 1. The number of hydrogen-bond acceptors (Lipinski definition) is 3. The maximum absolute atomic E-state index is 11.4. The van der Waals surface area contributed by atoms with Crippen molar-refractivity contribution in [3.63, 3.8) is 0 Å². The highest BCUT2D eigenvalue weighted by Gasteiger charge is 2.04. The number of guanidine groups is 1. The zero-order valence-corrected chi connectivity index (χ0v) is 15.5. The molecule has 0 heterocycles. The quantitative estimate of drug-likeness (QED) is 0.332. The van der Waals surface area contributed by atoms with Crippen LogP contribution in [-0.4, -0.2) is 39.2 Å². The standard InChI is InChI=1S/C21H27N3O2/c1-22-21(23-15-6-9-17-7-4-3-5-8-17)24-16-14-18-10-12-19(13-11-18)20(25)26-2/h3-5,7-8,10-13H,6,9,14-16H2,1-2H3,(H2,22,23,24). The van der Waals surface area contributed by atoms with Crippen LogP contribution >= 0.6 is 0 Å². The van der Waals surface area contributed by atoms with Crippen molar-refractivity contribution in [2.24, 2.45) is 4.99 Å². The average Bonchev–Trinajstić information content (AvgIpc) is 2.70. The van der Waals surface area contributed by atoms with E-state index in [-0.39, 0.29) is 5.97 Å². The summed E-state index contributed by atoms with van der Waals surface area (Å²) in [5.41, 5.74) is 3.08. The van der Waals surface area contributed by atoms with Gasteiger partial charge in [0.05, 0.1) is 12.7 Å². The largest absolute Gasteiger partial charge is 0.465 e. The number of methoxy groups -OCH3 is 1. The van der Waals surface area contributed by atoms with Crippen molar-refractivity contribution < 1.29 is 9.53 Å². The molecule has 0 amide bonds. The average molecular weight is 353 g/mol. The summed E-state index contributed by atoms with van der Waals surface area (Å²) in [4.78, 5) is 15.7. The number of rotatable bonds is 8. The molecule has 0 bridgehead atoms. The molecule has 2 aromatic carbocycles. The molecule has 0 radical (unpaired) electrons. The Labute approximate surface area is 155 Å². The number of carbonyl (C=O) groups is 1. The Morgan fingerprint density at radius 2 is 1.58 bits per heavy atom. The van der Waals surface area contributed by atoms with Gasteiger partial charge in [-0.15, -0.1) is 0 Å². The summed E-state index contributed by atoms with van der Waals surface area (Å²) in [5, 5.41) is 6.65. The summed E-state index contributed by atoms with van der Waals surface area (Å²) < 4.78 is 4.70. The molecular formula is C21H27N3O2. The van der Waals surface area contributed by atoms with E-state index in [4.69, 9.17) is 4.74 Å². The van der Waals surface area contributed by atoms with Crippen LogP contribution in [0.2, 0.25) is 0 Å². The van der Waals surface area contributed by atoms with Gasteiger partial charge in [0.25, 0.3) is 0 Å². The minimum atomic E-state index is -0.310. The Kier molecular flexibility index (Phi) is 8.19. The molecule has 0 aliphatic carbocycles. The van der Waals surface area contributed by atoms with Gasteiger partial charge in [-0.05, 0) is 42.5 Å². The highest BCUT2D eigenvalue weighted by molar-refractivity contribution is 5.89.